The molecule has 0 spiro atoms. The molecule has 0 fully saturated rings. The fourth-order valence-corrected chi connectivity index (χ4v) is 2.58. The number of carbonyl (C=O) groups is 1. The first-order valence-corrected chi connectivity index (χ1v) is 10.1. The van der Waals surface area contributed by atoms with E-state index in [0.717, 1.165) is 48.8 Å². The third kappa shape index (κ3) is 11.6. The zero-order chi connectivity index (χ0) is 19.9. The van der Waals surface area contributed by atoms with Crippen LogP contribution in [0.4, 0.5) is 5.69 Å². The van der Waals surface area contributed by atoms with Crippen molar-refractivity contribution in [1.29, 1.82) is 0 Å². The van der Waals surface area contributed by atoms with Crippen LogP contribution >= 0.6 is 15.9 Å². The summed E-state index contributed by atoms with van der Waals surface area (Å²) in [6, 6.07) is 7.53. The minimum Gasteiger partial charge on any atom is -0.385 e. The Morgan fingerprint density at radius 2 is 1.96 bits per heavy atom. The van der Waals surface area contributed by atoms with Gasteiger partial charge in [0.25, 0.3) is 0 Å². The van der Waals surface area contributed by atoms with Crippen LogP contribution in [0, 0.1) is 0 Å². The van der Waals surface area contributed by atoms with Crippen LogP contribution in [-0.2, 0) is 9.53 Å². The molecule has 0 radical (unpaired) electrons. The molecule has 1 aromatic rings. The molecule has 152 valence electrons. The van der Waals surface area contributed by atoms with E-state index < -0.39 is 0 Å². The first-order chi connectivity index (χ1) is 13.0. The van der Waals surface area contributed by atoms with Crippen molar-refractivity contribution in [3.05, 3.63) is 28.7 Å². The maximum Gasteiger partial charge on any atom is 0.226 e. The Morgan fingerprint density at radius 1 is 1.22 bits per heavy atom. The van der Waals surface area contributed by atoms with Crippen LogP contribution in [0.3, 0.4) is 0 Å². The quantitative estimate of drug-likeness (QED) is 0.263. The van der Waals surface area contributed by atoms with Crippen LogP contribution in [0.25, 0.3) is 0 Å². The van der Waals surface area contributed by atoms with Gasteiger partial charge < -0.3 is 25.6 Å². The molecule has 0 saturated heterocycles. The van der Waals surface area contributed by atoms with Gasteiger partial charge in [-0.15, -0.1) is 0 Å². The highest BCUT2D eigenvalue weighted by Crippen LogP contribution is 2.14. The number of guanidine groups is 1. The molecule has 0 unspecified atom stereocenters. The first-order valence-electron chi connectivity index (χ1n) is 9.30. The number of carbonyl (C=O) groups excluding carboxylic acids is 1. The number of benzene rings is 1. The van der Waals surface area contributed by atoms with Crippen LogP contribution in [-0.4, -0.2) is 70.3 Å². The molecule has 8 heteroatoms. The van der Waals surface area contributed by atoms with E-state index in [1.807, 2.05) is 31.2 Å². The van der Waals surface area contributed by atoms with E-state index in [1.165, 1.54) is 0 Å². The Morgan fingerprint density at radius 3 is 2.63 bits per heavy atom. The highest BCUT2D eigenvalue weighted by Gasteiger charge is 2.04. The van der Waals surface area contributed by atoms with E-state index in [2.05, 4.69) is 48.8 Å². The number of nitrogens with zero attached hydrogens (tertiary/aromatic N) is 2. The van der Waals surface area contributed by atoms with Gasteiger partial charge in [-0.2, -0.15) is 0 Å². The highest BCUT2D eigenvalue weighted by molar-refractivity contribution is 9.10. The second-order valence-corrected chi connectivity index (χ2v) is 7.06. The molecule has 1 aromatic carbocycles. The molecular formula is C19H32BrN5O2. The van der Waals surface area contributed by atoms with E-state index in [1.54, 1.807) is 7.11 Å². The van der Waals surface area contributed by atoms with Crippen LogP contribution in [0.2, 0.25) is 0 Å². The van der Waals surface area contributed by atoms with Gasteiger partial charge in [-0.3, -0.25) is 9.79 Å². The van der Waals surface area contributed by atoms with E-state index in [9.17, 15) is 4.79 Å². The van der Waals surface area contributed by atoms with Gasteiger partial charge in [-0.25, -0.2) is 0 Å². The smallest absolute Gasteiger partial charge is 0.226 e. The van der Waals surface area contributed by atoms with Gasteiger partial charge in [0.05, 0.1) is 6.54 Å². The second-order valence-electron chi connectivity index (χ2n) is 6.14. The minimum absolute atomic E-state index is 0.0291. The normalized spacial score (nSPS) is 11.5. The number of hydrogen-bond acceptors (Lipinski definition) is 4. The molecule has 0 heterocycles. The van der Waals surface area contributed by atoms with Crippen LogP contribution in [0.15, 0.2) is 33.7 Å². The summed E-state index contributed by atoms with van der Waals surface area (Å²) < 4.78 is 6.05. The molecule has 0 atom stereocenters. The topological polar surface area (TPSA) is 78.0 Å². The lowest BCUT2D eigenvalue weighted by molar-refractivity contribution is -0.116. The number of methoxy groups -OCH3 is 1. The summed E-state index contributed by atoms with van der Waals surface area (Å²) in [7, 11) is 3.80. The lowest BCUT2D eigenvalue weighted by Crippen LogP contribution is -2.39. The third-order valence-electron chi connectivity index (χ3n) is 3.76. The van der Waals surface area contributed by atoms with Gasteiger partial charge in [-0.1, -0.05) is 15.9 Å². The summed E-state index contributed by atoms with van der Waals surface area (Å²) in [6.45, 7) is 6.67. The molecule has 7 nitrogen and oxygen atoms in total. The molecular weight excluding hydrogens is 410 g/mol. The summed E-state index contributed by atoms with van der Waals surface area (Å²) in [5, 5.41) is 9.29. The number of anilines is 1. The number of likely N-dealkylation sites (N-methyl/N-ethyl adjacent to an activating group) is 1. The molecule has 0 bridgehead atoms. The van der Waals surface area contributed by atoms with Crippen molar-refractivity contribution < 1.29 is 9.53 Å². The van der Waals surface area contributed by atoms with Crippen molar-refractivity contribution in [3.8, 4) is 0 Å². The molecule has 3 N–H and O–H groups in total. The summed E-state index contributed by atoms with van der Waals surface area (Å²) in [5.74, 6) is 0.706. The lowest BCUT2D eigenvalue weighted by atomic mass is 10.3. The maximum absolute atomic E-state index is 12.0. The lowest BCUT2D eigenvalue weighted by Gasteiger charge is -2.16. The zero-order valence-electron chi connectivity index (χ0n) is 16.6. The summed E-state index contributed by atoms with van der Waals surface area (Å²) >= 11 is 3.38. The summed E-state index contributed by atoms with van der Waals surface area (Å²) in [4.78, 5) is 18.8. The molecule has 0 saturated carbocycles. The van der Waals surface area contributed by atoms with Gasteiger partial charge >= 0.3 is 0 Å². The van der Waals surface area contributed by atoms with Crippen molar-refractivity contribution in [1.82, 2.24) is 15.5 Å². The van der Waals surface area contributed by atoms with E-state index in [4.69, 9.17) is 4.74 Å². The minimum atomic E-state index is -0.0291. The monoisotopic (exact) mass is 441 g/mol. The maximum atomic E-state index is 12.0. The fourth-order valence-electron chi connectivity index (χ4n) is 2.32. The van der Waals surface area contributed by atoms with Gasteiger partial charge in [0, 0.05) is 56.5 Å². The van der Waals surface area contributed by atoms with E-state index in [-0.39, 0.29) is 5.91 Å². The number of halogens is 1. The molecule has 1 amide bonds. The average Bonchev–Trinajstić information content (AvgIpc) is 2.64. The predicted molar refractivity (Wildman–Crippen MR) is 115 cm³/mol. The van der Waals surface area contributed by atoms with Crippen LogP contribution < -0.4 is 16.0 Å². The first kappa shape index (κ1) is 23.4. The number of nitrogens with one attached hydrogen (secondary N) is 3. The fraction of sp³-hybridized carbons (Fsp3) is 0.579. The third-order valence-corrected chi connectivity index (χ3v) is 4.29. The number of hydrogen-bond donors (Lipinski definition) is 3. The van der Waals surface area contributed by atoms with Gasteiger partial charge in [0.15, 0.2) is 5.96 Å². The number of rotatable bonds is 12. The van der Waals surface area contributed by atoms with Crippen molar-refractivity contribution >= 4 is 33.5 Å². The van der Waals surface area contributed by atoms with Crippen molar-refractivity contribution in [2.45, 2.75) is 19.8 Å². The van der Waals surface area contributed by atoms with Crippen molar-refractivity contribution in [2.24, 2.45) is 4.99 Å². The Kier molecular flexibility index (Phi) is 12.5. The molecule has 1 rings (SSSR count). The zero-order valence-corrected chi connectivity index (χ0v) is 18.1. The summed E-state index contributed by atoms with van der Waals surface area (Å²) in [5.41, 5.74) is 0.792. The highest BCUT2D eigenvalue weighted by atomic mass is 79.9. The largest absolute Gasteiger partial charge is 0.385 e. The Balaban J connectivity index is 2.30. The molecule has 0 aliphatic carbocycles. The van der Waals surface area contributed by atoms with Crippen molar-refractivity contribution in [3.63, 3.8) is 0 Å². The predicted octanol–water partition coefficient (Wildman–Crippen LogP) is 2.30. The van der Waals surface area contributed by atoms with Gasteiger partial charge in [0.1, 0.15) is 0 Å². The van der Waals surface area contributed by atoms with Crippen LogP contribution in [0.5, 0.6) is 0 Å². The SMILES string of the molecule is CCNC(=NCCN(C)CCCOC)NCCC(=O)Nc1ccc(Br)cc1. The van der Waals surface area contributed by atoms with Crippen molar-refractivity contribution in [2.75, 3.05) is 58.8 Å². The molecule has 0 aromatic heterocycles. The second kappa shape index (κ2) is 14.4. The number of aliphatic imine (C=N–C) groups is 1. The number of amides is 1. The summed E-state index contributed by atoms with van der Waals surface area (Å²) in [6.07, 6.45) is 1.39. The van der Waals surface area contributed by atoms with Gasteiger partial charge in [0.2, 0.25) is 5.91 Å². The molecule has 0 aliphatic heterocycles. The Bertz CT molecular complexity index is 566. The van der Waals surface area contributed by atoms with E-state index in [0.29, 0.717) is 19.5 Å². The Hall–Kier alpha value is -1.64. The average molecular weight is 442 g/mol. The van der Waals surface area contributed by atoms with E-state index >= 15 is 0 Å². The standard InChI is InChI=1S/C19H32BrN5O2/c1-4-21-19(23-12-14-25(2)13-5-15-27-3)22-11-10-18(26)24-17-8-6-16(20)7-9-17/h6-9H,4-5,10-15H2,1-3H3,(H,24,26)(H2,21,22,23). The number of ether oxygens (including phenoxy) is 1. The Labute approximate surface area is 171 Å². The van der Waals surface area contributed by atoms with Crippen LogP contribution in [0.1, 0.15) is 19.8 Å². The molecule has 0 aliphatic rings. The molecule has 27 heavy (non-hydrogen) atoms. The van der Waals surface area contributed by atoms with Gasteiger partial charge in [-0.05, 0) is 44.7 Å².